The Morgan fingerprint density at radius 2 is 2.00 bits per heavy atom. The minimum Gasteiger partial charge on any atom is -0.379 e. The summed E-state index contributed by atoms with van der Waals surface area (Å²) in [7, 11) is 0. The highest BCUT2D eigenvalue weighted by molar-refractivity contribution is 5.36. The van der Waals surface area contributed by atoms with Gasteiger partial charge in [-0.05, 0) is 55.3 Å². The van der Waals surface area contributed by atoms with Crippen LogP contribution in [0.4, 0.5) is 0 Å². The van der Waals surface area contributed by atoms with Crippen LogP contribution in [-0.2, 0) is 17.6 Å². The second-order valence-electron chi connectivity index (χ2n) is 5.46. The van der Waals surface area contributed by atoms with Crippen LogP contribution in [-0.4, -0.2) is 19.8 Å². The van der Waals surface area contributed by atoms with E-state index in [0.29, 0.717) is 6.04 Å². The highest BCUT2D eigenvalue weighted by Crippen LogP contribution is 2.25. The van der Waals surface area contributed by atoms with Gasteiger partial charge in [-0.1, -0.05) is 32.0 Å². The molecule has 1 aliphatic carbocycles. The third-order valence-corrected chi connectivity index (χ3v) is 3.80. The van der Waals surface area contributed by atoms with Crippen molar-refractivity contribution >= 4 is 0 Å². The highest BCUT2D eigenvalue weighted by atomic mass is 16.5. The molecule has 1 atom stereocenters. The van der Waals surface area contributed by atoms with Crippen molar-refractivity contribution in [2.75, 3.05) is 19.8 Å². The Hall–Kier alpha value is -0.860. The number of benzene rings is 1. The first-order valence-electron chi connectivity index (χ1n) is 7.78. The lowest BCUT2D eigenvalue weighted by Gasteiger charge is -2.20. The monoisotopic (exact) mass is 261 g/mol. The molecule has 1 aromatic rings. The second-order valence-corrected chi connectivity index (χ2v) is 5.46. The van der Waals surface area contributed by atoms with Gasteiger partial charge in [0, 0.05) is 6.61 Å². The Morgan fingerprint density at radius 1 is 1.16 bits per heavy atom. The zero-order chi connectivity index (χ0) is 13.5. The number of fused-ring (bicyclic) bond motifs is 1. The van der Waals surface area contributed by atoms with Crippen molar-refractivity contribution in [2.24, 2.45) is 0 Å². The molecule has 0 heterocycles. The van der Waals surface area contributed by atoms with Crippen molar-refractivity contribution in [1.29, 1.82) is 0 Å². The van der Waals surface area contributed by atoms with Crippen LogP contribution in [0.15, 0.2) is 18.2 Å². The van der Waals surface area contributed by atoms with Gasteiger partial charge in [-0.25, -0.2) is 0 Å². The summed E-state index contributed by atoms with van der Waals surface area (Å²) < 4.78 is 5.75. The summed E-state index contributed by atoms with van der Waals surface area (Å²) in [4.78, 5) is 0. The van der Waals surface area contributed by atoms with Crippen LogP contribution in [0.25, 0.3) is 0 Å². The van der Waals surface area contributed by atoms with Crippen molar-refractivity contribution in [3.8, 4) is 0 Å². The Balaban J connectivity index is 2.03. The highest BCUT2D eigenvalue weighted by Gasteiger charge is 2.15. The van der Waals surface area contributed by atoms with Crippen LogP contribution in [0, 0.1) is 0 Å². The summed E-state index contributed by atoms with van der Waals surface area (Å²) in [6.45, 7) is 7.06. The summed E-state index contributed by atoms with van der Waals surface area (Å²) >= 11 is 0. The number of ether oxygens (including phenoxy) is 1. The molecular formula is C17H27NO. The fourth-order valence-electron chi connectivity index (χ4n) is 2.75. The molecule has 0 saturated carbocycles. The van der Waals surface area contributed by atoms with E-state index in [2.05, 4.69) is 37.4 Å². The van der Waals surface area contributed by atoms with Crippen molar-refractivity contribution in [1.82, 2.24) is 5.32 Å². The molecule has 0 fully saturated rings. The van der Waals surface area contributed by atoms with Gasteiger partial charge < -0.3 is 10.1 Å². The molecule has 2 rings (SSSR count). The second kappa shape index (κ2) is 7.66. The molecule has 19 heavy (non-hydrogen) atoms. The topological polar surface area (TPSA) is 21.3 Å². The fraction of sp³-hybridized carbons (Fsp3) is 0.647. The van der Waals surface area contributed by atoms with Crippen molar-refractivity contribution in [2.45, 2.75) is 52.0 Å². The van der Waals surface area contributed by atoms with E-state index in [1.165, 1.54) is 24.8 Å². The average molecular weight is 261 g/mol. The van der Waals surface area contributed by atoms with Gasteiger partial charge in [0.1, 0.15) is 0 Å². The fourth-order valence-corrected chi connectivity index (χ4v) is 2.75. The maximum Gasteiger partial charge on any atom is 0.0661 e. The van der Waals surface area contributed by atoms with Crippen LogP contribution in [0.1, 0.15) is 55.8 Å². The number of aryl methyl sites for hydroxylation is 2. The molecule has 2 heteroatoms. The van der Waals surface area contributed by atoms with E-state index in [4.69, 9.17) is 4.74 Å². The lowest BCUT2D eigenvalue weighted by molar-refractivity contribution is 0.112. The molecule has 0 aliphatic heterocycles. The third-order valence-electron chi connectivity index (χ3n) is 3.80. The molecule has 1 unspecified atom stereocenters. The SMILES string of the molecule is CCCNC(COCCC)c1ccc2c(c1)CCC2. The first-order valence-corrected chi connectivity index (χ1v) is 7.78. The Morgan fingerprint density at radius 3 is 2.79 bits per heavy atom. The van der Waals surface area contributed by atoms with Gasteiger partial charge in [0.15, 0.2) is 0 Å². The van der Waals surface area contributed by atoms with E-state index >= 15 is 0 Å². The molecule has 0 aromatic heterocycles. The van der Waals surface area contributed by atoms with Gasteiger partial charge in [0.25, 0.3) is 0 Å². The first-order chi connectivity index (χ1) is 9.35. The van der Waals surface area contributed by atoms with Crippen molar-refractivity contribution < 1.29 is 4.74 Å². The Bertz CT molecular complexity index is 389. The van der Waals surface area contributed by atoms with Crippen LogP contribution >= 0.6 is 0 Å². The zero-order valence-electron chi connectivity index (χ0n) is 12.4. The van der Waals surface area contributed by atoms with E-state index in [0.717, 1.165) is 32.6 Å². The van der Waals surface area contributed by atoms with Crippen LogP contribution in [0.3, 0.4) is 0 Å². The maximum absolute atomic E-state index is 5.75. The predicted molar refractivity (Wildman–Crippen MR) is 80.6 cm³/mol. The number of hydrogen-bond donors (Lipinski definition) is 1. The van der Waals surface area contributed by atoms with Gasteiger partial charge >= 0.3 is 0 Å². The lowest BCUT2D eigenvalue weighted by Crippen LogP contribution is -2.26. The van der Waals surface area contributed by atoms with Crippen LogP contribution in [0.2, 0.25) is 0 Å². The van der Waals surface area contributed by atoms with E-state index in [9.17, 15) is 0 Å². The van der Waals surface area contributed by atoms with Gasteiger partial charge in [0.05, 0.1) is 12.6 Å². The van der Waals surface area contributed by atoms with Gasteiger partial charge in [-0.15, -0.1) is 0 Å². The molecule has 0 saturated heterocycles. The van der Waals surface area contributed by atoms with E-state index in [-0.39, 0.29) is 0 Å². The van der Waals surface area contributed by atoms with Gasteiger partial charge in [-0.2, -0.15) is 0 Å². The molecule has 1 aliphatic rings. The molecule has 1 N–H and O–H groups in total. The normalized spacial score (nSPS) is 15.5. The van der Waals surface area contributed by atoms with Gasteiger partial charge in [0.2, 0.25) is 0 Å². The Kier molecular flexibility index (Phi) is 5.87. The largest absolute Gasteiger partial charge is 0.379 e. The van der Waals surface area contributed by atoms with E-state index < -0.39 is 0 Å². The Labute approximate surface area is 117 Å². The van der Waals surface area contributed by atoms with Gasteiger partial charge in [-0.3, -0.25) is 0 Å². The molecule has 0 spiro atoms. The number of nitrogens with one attached hydrogen (secondary N) is 1. The molecule has 0 amide bonds. The van der Waals surface area contributed by atoms with Crippen molar-refractivity contribution in [3.05, 3.63) is 34.9 Å². The summed E-state index contributed by atoms with van der Waals surface area (Å²) in [5, 5.41) is 3.61. The number of rotatable bonds is 8. The lowest BCUT2D eigenvalue weighted by atomic mass is 10.0. The molecule has 2 nitrogen and oxygen atoms in total. The molecule has 0 bridgehead atoms. The minimum atomic E-state index is 0.345. The average Bonchev–Trinajstić information content (AvgIpc) is 2.90. The smallest absolute Gasteiger partial charge is 0.0661 e. The summed E-state index contributed by atoms with van der Waals surface area (Å²) in [5.41, 5.74) is 4.49. The van der Waals surface area contributed by atoms with Crippen molar-refractivity contribution in [3.63, 3.8) is 0 Å². The standard InChI is InChI=1S/C17H27NO/c1-3-10-18-17(13-19-11-4-2)16-9-8-14-6-5-7-15(14)12-16/h8-9,12,17-18H,3-7,10-11,13H2,1-2H3. The summed E-state index contributed by atoms with van der Waals surface area (Å²) in [5.74, 6) is 0. The molecule has 106 valence electrons. The third kappa shape index (κ3) is 4.05. The quantitative estimate of drug-likeness (QED) is 0.721. The maximum atomic E-state index is 5.75. The number of hydrogen-bond acceptors (Lipinski definition) is 2. The molecular weight excluding hydrogens is 234 g/mol. The van der Waals surface area contributed by atoms with E-state index in [1.807, 2.05) is 0 Å². The summed E-state index contributed by atoms with van der Waals surface area (Å²) in [6.07, 6.45) is 6.08. The first kappa shape index (κ1) is 14.5. The van der Waals surface area contributed by atoms with E-state index in [1.54, 1.807) is 11.1 Å². The summed E-state index contributed by atoms with van der Waals surface area (Å²) in [6, 6.07) is 7.34. The minimum absolute atomic E-state index is 0.345. The van der Waals surface area contributed by atoms with Crippen LogP contribution < -0.4 is 5.32 Å². The van der Waals surface area contributed by atoms with Crippen LogP contribution in [0.5, 0.6) is 0 Å². The zero-order valence-corrected chi connectivity index (χ0v) is 12.4. The molecule has 1 aromatic carbocycles. The molecule has 0 radical (unpaired) electrons. The predicted octanol–water partition coefficient (Wildman–Crippen LogP) is 3.64.